The van der Waals surface area contributed by atoms with Crippen molar-refractivity contribution in [3.8, 4) is 0 Å². The largest absolute Gasteiger partial charge is 0.354 e. The molecule has 1 aromatic rings. The number of hydrogen-bond acceptors (Lipinski definition) is 2. The molecule has 3 nitrogen and oxygen atoms in total. The lowest BCUT2D eigenvalue weighted by molar-refractivity contribution is -0.119. The first-order valence-electron chi connectivity index (χ1n) is 6.58. The molecule has 98 valence electrons. The molecule has 1 saturated heterocycles. The Kier molecular flexibility index (Phi) is 3.71. The average molecular weight is 246 g/mol. The Morgan fingerprint density at radius 1 is 1.28 bits per heavy atom. The number of benzene rings is 1. The van der Waals surface area contributed by atoms with Crippen molar-refractivity contribution in [1.82, 2.24) is 10.6 Å². The molecule has 2 unspecified atom stereocenters. The Balaban J connectivity index is 2.13. The van der Waals surface area contributed by atoms with Crippen molar-refractivity contribution in [2.75, 3.05) is 6.54 Å². The number of nitrogens with one attached hydrogen (secondary N) is 2. The minimum absolute atomic E-state index is 0.150. The van der Waals surface area contributed by atoms with Crippen molar-refractivity contribution < 1.29 is 4.79 Å². The van der Waals surface area contributed by atoms with Crippen LogP contribution in [0.25, 0.3) is 0 Å². The Bertz CT molecular complexity index is 445. The molecule has 0 saturated carbocycles. The summed E-state index contributed by atoms with van der Waals surface area (Å²) in [4.78, 5) is 11.2. The Morgan fingerprint density at radius 3 is 2.39 bits per heavy atom. The molecule has 0 aromatic heterocycles. The van der Waals surface area contributed by atoms with E-state index in [0.29, 0.717) is 6.42 Å². The molecule has 1 aliphatic rings. The summed E-state index contributed by atoms with van der Waals surface area (Å²) in [6.45, 7) is 9.36. The smallest absolute Gasteiger partial charge is 0.221 e. The van der Waals surface area contributed by atoms with Gasteiger partial charge >= 0.3 is 0 Å². The maximum Gasteiger partial charge on any atom is 0.221 e. The molecule has 0 aliphatic carbocycles. The van der Waals surface area contributed by atoms with Crippen molar-refractivity contribution >= 4 is 5.91 Å². The second kappa shape index (κ2) is 5.11. The van der Waals surface area contributed by atoms with Crippen molar-refractivity contribution in [1.29, 1.82) is 0 Å². The van der Waals surface area contributed by atoms with E-state index in [4.69, 9.17) is 0 Å². The fourth-order valence-corrected chi connectivity index (χ4v) is 3.03. The Labute approximate surface area is 109 Å². The van der Waals surface area contributed by atoms with Gasteiger partial charge in [-0.2, -0.15) is 0 Å². The number of amides is 1. The van der Waals surface area contributed by atoms with Crippen LogP contribution in [0.1, 0.15) is 41.6 Å². The van der Waals surface area contributed by atoms with E-state index in [1.165, 1.54) is 22.3 Å². The monoisotopic (exact) mass is 246 g/mol. The number of aryl methyl sites for hydroxylation is 3. The fraction of sp³-hybridized carbons (Fsp3) is 0.533. The first-order valence-corrected chi connectivity index (χ1v) is 6.58. The summed E-state index contributed by atoms with van der Waals surface area (Å²) in [6, 6.07) is 4.98. The van der Waals surface area contributed by atoms with Gasteiger partial charge in [0.25, 0.3) is 0 Å². The third kappa shape index (κ3) is 2.72. The Hall–Kier alpha value is -1.35. The predicted molar refractivity (Wildman–Crippen MR) is 73.6 cm³/mol. The molecule has 2 N–H and O–H groups in total. The van der Waals surface area contributed by atoms with E-state index in [1.807, 2.05) is 0 Å². The normalized spacial score (nSPS) is 20.9. The van der Waals surface area contributed by atoms with Gasteiger partial charge in [-0.25, -0.2) is 0 Å². The molecule has 0 bridgehead atoms. The molecule has 18 heavy (non-hydrogen) atoms. The molecule has 0 radical (unpaired) electrons. The average Bonchev–Trinajstić information content (AvgIpc) is 2.62. The molecule has 3 heteroatoms. The predicted octanol–water partition coefficient (Wildman–Crippen LogP) is 2.15. The minimum Gasteiger partial charge on any atom is -0.354 e. The molecular weight excluding hydrogens is 224 g/mol. The molecule has 1 amide bonds. The molecule has 1 aromatic carbocycles. The van der Waals surface area contributed by atoms with E-state index >= 15 is 0 Å². The van der Waals surface area contributed by atoms with E-state index in [9.17, 15) is 4.79 Å². The fourth-order valence-electron chi connectivity index (χ4n) is 3.03. The highest BCUT2D eigenvalue weighted by Gasteiger charge is 2.23. The SMILES string of the molecule is Cc1cc(C)c(C(C)NC2CNC(=O)C2)c(C)c1. The van der Waals surface area contributed by atoms with Crippen molar-refractivity contribution in [3.05, 3.63) is 34.4 Å². The van der Waals surface area contributed by atoms with E-state index in [2.05, 4.69) is 50.5 Å². The van der Waals surface area contributed by atoms with Crippen LogP contribution in [0.3, 0.4) is 0 Å². The summed E-state index contributed by atoms with van der Waals surface area (Å²) >= 11 is 0. The summed E-state index contributed by atoms with van der Waals surface area (Å²) in [6.07, 6.45) is 0.592. The van der Waals surface area contributed by atoms with Gasteiger partial charge in [-0.3, -0.25) is 4.79 Å². The molecule has 2 rings (SSSR count). The van der Waals surface area contributed by atoms with Gasteiger partial charge in [0.1, 0.15) is 0 Å². The zero-order chi connectivity index (χ0) is 13.3. The highest BCUT2D eigenvalue weighted by molar-refractivity contribution is 5.78. The van der Waals surface area contributed by atoms with Crippen molar-refractivity contribution in [3.63, 3.8) is 0 Å². The third-order valence-electron chi connectivity index (χ3n) is 3.63. The number of carbonyl (C=O) groups is 1. The van der Waals surface area contributed by atoms with Crippen LogP contribution in [0.5, 0.6) is 0 Å². The lowest BCUT2D eigenvalue weighted by Gasteiger charge is -2.22. The Morgan fingerprint density at radius 2 is 1.89 bits per heavy atom. The van der Waals surface area contributed by atoms with E-state index in [0.717, 1.165) is 6.54 Å². The second-order valence-electron chi connectivity index (χ2n) is 5.41. The molecular formula is C15H22N2O. The highest BCUT2D eigenvalue weighted by Crippen LogP contribution is 2.24. The highest BCUT2D eigenvalue weighted by atomic mass is 16.1. The topological polar surface area (TPSA) is 41.1 Å². The van der Waals surface area contributed by atoms with Gasteiger partial charge in [0, 0.05) is 25.0 Å². The van der Waals surface area contributed by atoms with Gasteiger partial charge in [-0.05, 0) is 44.4 Å². The standard InChI is InChI=1S/C15H22N2O/c1-9-5-10(2)15(11(3)6-9)12(4)17-13-7-14(18)16-8-13/h5-6,12-13,17H,7-8H2,1-4H3,(H,16,18). The lowest BCUT2D eigenvalue weighted by atomic mass is 9.94. The maximum absolute atomic E-state index is 11.2. The summed E-state index contributed by atoms with van der Waals surface area (Å²) in [7, 11) is 0. The quantitative estimate of drug-likeness (QED) is 0.858. The first kappa shape index (κ1) is 13.1. The zero-order valence-electron chi connectivity index (χ0n) is 11.6. The van der Waals surface area contributed by atoms with Gasteiger partial charge in [0.05, 0.1) is 0 Å². The second-order valence-corrected chi connectivity index (χ2v) is 5.41. The van der Waals surface area contributed by atoms with Crippen LogP contribution in [0.15, 0.2) is 12.1 Å². The van der Waals surface area contributed by atoms with E-state index in [1.54, 1.807) is 0 Å². The van der Waals surface area contributed by atoms with Gasteiger partial charge in [0.15, 0.2) is 0 Å². The molecule has 2 atom stereocenters. The third-order valence-corrected chi connectivity index (χ3v) is 3.63. The minimum atomic E-state index is 0.150. The number of hydrogen-bond donors (Lipinski definition) is 2. The molecule has 0 spiro atoms. The van der Waals surface area contributed by atoms with Gasteiger partial charge in [-0.1, -0.05) is 17.7 Å². The van der Waals surface area contributed by atoms with E-state index < -0.39 is 0 Å². The molecule has 1 heterocycles. The van der Waals surface area contributed by atoms with Crippen LogP contribution in [0.4, 0.5) is 0 Å². The van der Waals surface area contributed by atoms with E-state index in [-0.39, 0.29) is 18.0 Å². The van der Waals surface area contributed by atoms with Crippen LogP contribution in [0, 0.1) is 20.8 Å². The summed E-state index contributed by atoms with van der Waals surface area (Å²) in [5, 5.41) is 6.41. The van der Waals surface area contributed by atoms with Crippen LogP contribution >= 0.6 is 0 Å². The molecule has 1 fully saturated rings. The summed E-state index contributed by atoms with van der Waals surface area (Å²) in [5.41, 5.74) is 5.31. The van der Waals surface area contributed by atoms with Crippen molar-refractivity contribution in [2.45, 2.75) is 46.2 Å². The number of carbonyl (C=O) groups excluding carboxylic acids is 1. The van der Waals surface area contributed by atoms with Gasteiger partial charge in [0.2, 0.25) is 5.91 Å². The molecule has 1 aliphatic heterocycles. The maximum atomic E-state index is 11.2. The van der Waals surface area contributed by atoms with Crippen LogP contribution < -0.4 is 10.6 Å². The summed E-state index contributed by atoms with van der Waals surface area (Å²) in [5.74, 6) is 0.150. The van der Waals surface area contributed by atoms with Crippen LogP contribution in [-0.4, -0.2) is 18.5 Å². The number of rotatable bonds is 3. The van der Waals surface area contributed by atoms with Crippen molar-refractivity contribution in [2.24, 2.45) is 0 Å². The zero-order valence-corrected chi connectivity index (χ0v) is 11.6. The van der Waals surface area contributed by atoms with Gasteiger partial charge < -0.3 is 10.6 Å². The van der Waals surface area contributed by atoms with Crippen LogP contribution in [-0.2, 0) is 4.79 Å². The summed E-state index contributed by atoms with van der Waals surface area (Å²) < 4.78 is 0. The lowest BCUT2D eigenvalue weighted by Crippen LogP contribution is -2.33. The van der Waals surface area contributed by atoms with Crippen LogP contribution in [0.2, 0.25) is 0 Å². The first-order chi connectivity index (χ1) is 8.47. The van der Waals surface area contributed by atoms with Gasteiger partial charge in [-0.15, -0.1) is 0 Å².